The number of anilines is 2. The van der Waals surface area contributed by atoms with Crippen LogP contribution in [0.25, 0.3) is 10.4 Å². The summed E-state index contributed by atoms with van der Waals surface area (Å²) in [7, 11) is 0. The van der Waals surface area contributed by atoms with Crippen LogP contribution in [0.4, 0.5) is 11.4 Å². The van der Waals surface area contributed by atoms with Gasteiger partial charge in [-0.25, -0.2) is 0 Å². The van der Waals surface area contributed by atoms with E-state index in [-0.39, 0.29) is 11.8 Å². The molecule has 3 N–H and O–H groups in total. The van der Waals surface area contributed by atoms with Crippen LogP contribution in [0.3, 0.4) is 0 Å². The number of fused-ring (bicyclic) bond motifs is 3. The second kappa shape index (κ2) is 8.89. The van der Waals surface area contributed by atoms with Crippen molar-refractivity contribution in [3.63, 3.8) is 0 Å². The van der Waals surface area contributed by atoms with Crippen LogP contribution < -0.4 is 16.0 Å². The third-order valence-corrected chi connectivity index (χ3v) is 8.04. The molecule has 5 rings (SSSR count). The zero-order valence-electron chi connectivity index (χ0n) is 18.3. The van der Waals surface area contributed by atoms with Gasteiger partial charge >= 0.3 is 0 Å². The summed E-state index contributed by atoms with van der Waals surface area (Å²) in [4.78, 5) is 41.6. The number of hydrogen-bond donors (Lipinski definition) is 2. The molecule has 1 aliphatic heterocycles. The molecule has 6 nitrogen and oxygen atoms in total. The Morgan fingerprint density at radius 1 is 1.03 bits per heavy atom. The summed E-state index contributed by atoms with van der Waals surface area (Å²) in [6.45, 7) is 2.38. The summed E-state index contributed by atoms with van der Waals surface area (Å²) in [5, 5.41) is 4.78. The number of hydrogen-bond acceptors (Lipinski definition) is 5. The first-order chi connectivity index (χ1) is 16.4. The van der Waals surface area contributed by atoms with Crippen LogP contribution in [0, 0.1) is 6.92 Å². The van der Waals surface area contributed by atoms with Crippen molar-refractivity contribution in [2.75, 3.05) is 16.8 Å². The molecule has 0 unspecified atom stereocenters. The molecule has 0 atom stereocenters. The van der Waals surface area contributed by atoms with E-state index in [2.05, 4.69) is 5.32 Å². The number of carbonyl (C=O) groups is 3. The Bertz CT molecular complexity index is 1420. The molecule has 0 spiro atoms. The zero-order valence-corrected chi connectivity index (χ0v) is 20.0. The number of primary amides is 1. The number of amides is 3. The van der Waals surface area contributed by atoms with Crippen molar-refractivity contribution in [1.29, 1.82) is 0 Å². The highest BCUT2D eigenvalue weighted by Gasteiger charge is 2.27. The number of benzene rings is 2. The van der Waals surface area contributed by atoms with Gasteiger partial charge in [0.1, 0.15) is 0 Å². The summed E-state index contributed by atoms with van der Waals surface area (Å²) >= 11 is 2.76. The normalized spacial score (nSPS) is 12.4. The molecule has 2 aromatic heterocycles. The van der Waals surface area contributed by atoms with Crippen LogP contribution in [0.5, 0.6) is 0 Å². The summed E-state index contributed by atoms with van der Waals surface area (Å²) in [6.07, 6.45) is 0.619. The molecule has 0 bridgehead atoms. The minimum atomic E-state index is -0.440. The van der Waals surface area contributed by atoms with E-state index in [1.807, 2.05) is 48.7 Å². The van der Waals surface area contributed by atoms with Crippen molar-refractivity contribution in [3.05, 3.63) is 92.5 Å². The maximum Gasteiger partial charge on any atom is 0.265 e. The van der Waals surface area contributed by atoms with E-state index in [0.717, 1.165) is 27.3 Å². The standard InChI is InChI=1S/C26H21N3O3S2/c1-15-11-13-33-22(15)25(31)28-18-8-6-16(7-9-18)26(32)29-12-10-17-14-21(24(27)30)34-23(17)19-4-2-3-5-20(19)29/h2-9,11,13-14H,10,12H2,1H3,(H2,27,30)(H,28,31). The summed E-state index contributed by atoms with van der Waals surface area (Å²) < 4.78 is 0. The number of aryl methyl sites for hydroxylation is 1. The Hall–Kier alpha value is -3.75. The number of nitrogens with one attached hydrogen (secondary N) is 1. The second-order valence-electron chi connectivity index (χ2n) is 8.02. The van der Waals surface area contributed by atoms with Gasteiger partial charge in [0.05, 0.1) is 15.4 Å². The average molecular weight is 488 g/mol. The minimum Gasteiger partial charge on any atom is -0.365 e. The molecule has 0 fully saturated rings. The largest absolute Gasteiger partial charge is 0.365 e. The zero-order chi connectivity index (χ0) is 23.8. The number of nitrogens with zero attached hydrogens (tertiary/aromatic N) is 1. The highest BCUT2D eigenvalue weighted by molar-refractivity contribution is 7.17. The van der Waals surface area contributed by atoms with Crippen LogP contribution >= 0.6 is 22.7 Å². The van der Waals surface area contributed by atoms with Crippen LogP contribution in [0.2, 0.25) is 0 Å². The molecule has 3 heterocycles. The fourth-order valence-corrected chi connectivity index (χ4v) is 5.99. The molecular formula is C26H21N3O3S2. The van der Waals surface area contributed by atoms with Crippen LogP contribution in [-0.4, -0.2) is 24.3 Å². The van der Waals surface area contributed by atoms with Crippen molar-refractivity contribution >= 4 is 51.8 Å². The van der Waals surface area contributed by atoms with Gasteiger partial charge in [0.2, 0.25) is 0 Å². The highest BCUT2D eigenvalue weighted by Crippen LogP contribution is 2.41. The van der Waals surface area contributed by atoms with E-state index < -0.39 is 5.91 Å². The molecule has 34 heavy (non-hydrogen) atoms. The van der Waals surface area contributed by atoms with Crippen molar-refractivity contribution < 1.29 is 14.4 Å². The van der Waals surface area contributed by atoms with Crippen molar-refractivity contribution in [2.45, 2.75) is 13.3 Å². The lowest BCUT2D eigenvalue weighted by Gasteiger charge is -2.23. The van der Waals surface area contributed by atoms with E-state index >= 15 is 0 Å². The molecule has 170 valence electrons. The first-order valence-electron chi connectivity index (χ1n) is 10.7. The smallest absolute Gasteiger partial charge is 0.265 e. The van der Waals surface area contributed by atoms with Gasteiger partial charge in [-0.2, -0.15) is 0 Å². The number of thiophene rings is 2. The Kier molecular flexibility index (Phi) is 5.77. The molecule has 0 radical (unpaired) electrons. The minimum absolute atomic E-state index is 0.121. The summed E-state index contributed by atoms with van der Waals surface area (Å²) in [5.41, 5.74) is 10.3. The van der Waals surface area contributed by atoms with Crippen molar-refractivity contribution in [1.82, 2.24) is 0 Å². The van der Waals surface area contributed by atoms with Crippen molar-refractivity contribution in [3.8, 4) is 10.4 Å². The molecule has 0 aliphatic carbocycles. The predicted molar refractivity (Wildman–Crippen MR) is 137 cm³/mol. The fourth-order valence-electron chi connectivity index (χ4n) is 4.07. The molecule has 8 heteroatoms. The molecule has 0 saturated carbocycles. The van der Waals surface area contributed by atoms with Crippen LogP contribution in [0.1, 0.15) is 40.8 Å². The fraction of sp³-hybridized carbons (Fsp3) is 0.115. The van der Waals surface area contributed by atoms with E-state index in [0.29, 0.717) is 34.0 Å². The third kappa shape index (κ3) is 4.02. The van der Waals surface area contributed by atoms with Crippen LogP contribution in [0.15, 0.2) is 66.0 Å². The second-order valence-corrected chi connectivity index (χ2v) is 9.99. The monoisotopic (exact) mass is 487 g/mol. The summed E-state index contributed by atoms with van der Waals surface area (Å²) in [5.74, 6) is -0.718. The van der Waals surface area contributed by atoms with Gasteiger partial charge in [0.25, 0.3) is 17.7 Å². The van der Waals surface area contributed by atoms with Crippen LogP contribution in [-0.2, 0) is 6.42 Å². The van der Waals surface area contributed by atoms with E-state index in [9.17, 15) is 14.4 Å². The van der Waals surface area contributed by atoms with Gasteiger partial charge in [-0.15, -0.1) is 22.7 Å². The number of nitrogens with two attached hydrogens (primary N) is 1. The quantitative estimate of drug-likeness (QED) is 0.407. The lowest BCUT2D eigenvalue weighted by Crippen LogP contribution is -2.32. The summed E-state index contributed by atoms with van der Waals surface area (Å²) in [6, 6.07) is 18.4. The molecule has 3 amide bonds. The molecule has 0 saturated heterocycles. The van der Waals surface area contributed by atoms with Gasteiger partial charge in [-0.3, -0.25) is 14.4 Å². The van der Waals surface area contributed by atoms with Gasteiger partial charge in [-0.05, 0) is 72.3 Å². The Morgan fingerprint density at radius 3 is 2.50 bits per heavy atom. The Labute approximate surface area is 204 Å². The lowest BCUT2D eigenvalue weighted by molar-refractivity contribution is 0.0983. The molecule has 4 aromatic rings. The number of para-hydroxylation sites is 1. The molecule has 2 aromatic carbocycles. The van der Waals surface area contributed by atoms with Gasteiger partial charge in [-0.1, -0.05) is 18.2 Å². The molecular weight excluding hydrogens is 466 g/mol. The van der Waals surface area contributed by atoms with Gasteiger partial charge in [0.15, 0.2) is 0 Å². The predicted octanol–water partition coefficient (Wildman–Crippen LogP) is 5.34. The number of carbonyl (C=O) groups excluding carboxylic acids is 3. The van der Waals surface area contributed by atoms with E-state index in [4.69, 9.17) is 5.73 Å². The van der Waals surface area contributed by atoms with E-state index in [1.54, 1.807) is 29.2 Å². The topological polar surface area (TPSA) is 92.5 Å². The van der Waals surface area contributed by atoms with E-state index in [1.165, 1.54) is 22.7 Å². The average Bonchev–Trinajstić information content (AvgIpc) is 3.43. The SMILES string of the molecule is Cc1ccsc1C(=O)Nc1ccc(C(=O)N2CCc3cc(C(N)=O)sc3-c3ccccc32)cc1. The first kappa shape index (κ1) is 22.1. The maximum absolute atomic E-state index is 13.5. The highest BCUT2D eigenvalue weighted by atomic mass is 32.1. The van der Waals surface area contributed by atoms with Gasteiger partial charge in [0, 0.05) is 28.2 Å². The van der Waals surface area contributed by atoms with Crippen molar-refractivity contribution in [2.24, 2.45) is 5.73 Å². The molecule has 1 aliphatic rings. The van der Waals surface area contributed by atoms with Gasteiger partial charge < -0.3 is 16.0 Å². The third-order valence-electron chi connectivity index (χ3n) is 5.80. The number of rotatable bonds is 4. The first-order valence-corrected chi connectivity index (χ1v) is 12.4. The Morgan fingerprint density at radius 2 is 1.79 bits per heavy atom. The Balaban J connectivity index is 1.40. The lowest BCUT2D eigenvalue weighted by atomic mass is 10.1. The maximum atomic E-state index is 13.5.